The lowest BCUT2D eigenvalue weighted by atomic mass is 9.82. The normalized spacial score (nSPS) is 11.8. The van der Waals surface area contributed by atoms with E-state index in [-0.39, 0.29) is 0 Å². The Labute approximate surface area is 300 Å². The zero-order valence-electron chi connectivity index (χ0n) is 28.2. The molecular formula is C51H29N. The molecule has 11 aromatic rings. The van der Waals surface area contributed by atoms with Gasteiger partial charge >= 0.3 is 0 Å². The van der Waals surface area contributed by atoms with Crippen LogP contribution in [-0.4, -0.2) is 0 Å². The first kappa shape index (κ1) is 28.8. The van der Waals surface area contributed by atoms with Gasteiger partial charge in [0, 0.05) is 0 Å². The molecule has 1 nitrogen and oxygen atoms in total. The topological polar surface area (TPSA) is 23.8 Å². The Morgan fingerprint density at radius 2 is 0.750 bits per heavy atom. The van der Waals surface area contributed by atoms with Gasteiger partial charge in [0.05, 0.1) is 11.6 Å². The van der Waals surface area contributed by atoms with E-state index in [1.807, 2.05) is 12.1 Å². The van der Waals surface area contributed by atoms with Gasteiger partial charge in [-0.1, -0.05) is 146 Å². The standard InChI is InChI=1S/C51H29N/c52-30-31-17-19-32(20-18-31)46-29-49(48-28-35-10-2-4-12-37(35)39-14-6-8-16-41(39)48)45-24-22-33-21-23-42(43-25-26-44(46)51(45)50(33)43)47-27-34-9-1-3-11-36(34)38-13-5-7-15-40(38)47/h1-29H. The summed E-state index contributed by atoms with van der Waals surface area (Å²) >= 11 is 0. The number of hydrogen-bond acceptors (Lipinski definition) is 1. The van der Waals surface area contributed by atoms with Crippen molar-refractivity contribution >= 4 is 75.4 Å². The Morgan fingerprint density at radius 3 is 1.37 bits per heavy atom. The van der Waals surface area contributed by atoms with Crippen LogP contribution in [0.5, 0.6) is 0 Å². The third kappa shape index (κ3) is 4.10. The molecule has 11 rings (SSSR count). The van der Waals surface area contributed by atoms with E-state index in [4.69, 9.17) is 0 Å². The van der Waals surface area contributed by atoms with Gasteiger partial charge in [0.15, 0.2) is 0 Å². The molecule has 0 bridgehead atoms. The fourth-order valence-corrected chi connectivity index (χ4v) is 8.87. The van der Waals surface area contributed by atoms with Crippen molar-refractivity contribution in [1.29, 1.82) is 5.26 Å². The SMILES string of the molecule is N#Cc1ccc(-c2cc(-c3cc4ccccc4c4ccccc34)c3ccc4ccc(-c5cc6ccccc6c6ccccc56)c5ccc2c3c45)cc1. The highest BCUT2D eigenvalue weighted by atomic mass is 14.3. The summed E-state index contributed by atoms with van der Waals surface area (Å²) in [7, 11) is 0. The van der Waals surface area contributed by atoms with Gasteiger partial charge in [0.1, 0.15) is 0 Å². The van der Waals surface area contributed by atoms with Crippen LogP contribution in [0.4, 0.5) is 0 Å². The van der Waals surface area contributed by atoms with Gasteiger partial charge in [-0.25, -0.2) is 0 Å². The summed E-state index contributed by atoms with van der Waals surface area (Å²) in [5.74, 6) is 0. The van der Waals surface area contributed by atoms with E-state index >= 15 is 0 Å². The molecule has 0 fully saturated rings. The highest BCUT2D eigenvalue weighted by molar-refractivity contribution is 6.32. The van der Waals surface area contributed by atoms with Crippen LogP contribution >= 0.6 is 0 Å². The first-order chi connectivity index (χ1) is 25.7. The van der Waals surface area contributed by atoms with Crippen molar-refractivity contribution in [3.8, 4) is 39.4 Å². The molecule has 11 aromatic carbocycles. The van der Waals surface area contributed by atoms with E-state index in [9.17, 15) is 5.26 Å². The quantitative estimate of drug-likeness (QED) is 0.174. The minimum absolute atomic E-state index is 0.662. The maximum Gasteiger partial charge on any atom is 0.0991 e. The smallest absolute Gasteiger partial charge is 0.0991 e. The van der Waals surface area contributed by atoms with Gasteiger partial charge < -0.3 is 0 Å². The zero-order valence-corrected chi connectivity index (χ0v) is 28.2. The van der Waals surface area contributed by atoms with Crippen LogP contribution in [0.2, 0.25) is 0 Å². The van der Waals surface area contributed by atoms with Crippen molar-refractivity contribution in [3.63, 3.8) is 0 Å². The molecule has 0 amide bonds. The summed E-state index contributed by atoms with van der Waals surface area (Å²) in [5.41, 5.74) is 7.86. The molecule has 0 aliphatic heterocycles. The minimum atomic E-state index is 0.662. The lowest BCUT2D eigenvalue weighted by Gasteiger charge is -2.21. The molecule has 0 aliphatic carbocycles. The first-order valence-corrected chi connectivity index (χ1v) is 17.8. The lowest BCUT2D eigenvalue weighted by molar-refractivity contribution is 1.48. The summed E-state index contributed by atoms with van der Waals surface area (Å²) in [4.78, 5) is 0. The van der Waals surface area contributed by atoms with Gasteiger partial charge in [0.25, 0.3) is 0 Å². The minimum Gasteiger partial charge on any atom is -0.192 e. The summed E-state index contributed by atoms with van der Waals surface area (Å²) in [6.45, 7) is 0. The van der Waals surface area contributed by atoms with Crippen LogP contribution in [0.15, 0.2) is 176 Å². The molecule has 52 heavy (non-hydrogen) atoms. The number of fused-ring (bicyclic) bond motifs is 6. The number of nitrogens with zero attached hydrogens (tertiary/aromatic N) is 1. The molecule has 0 saturated carbocycles. The van der Waals surface area contributed by atoms with E-state index in [1.165, 1.54) is 103 Å². The molecule has 0 aromatic heterocycles. The maximum absolute atomic E-state index is 9.63. The van der Waals surface area contributed by atoms with Crippen LogP contribution < -0.4 is 0 Å². The van der Waals surface area contributed by atoms with Crippen LogP contribution in [0.1, 0.15) is 5.56 Å². The van der Waals surface area contributed by atoms with Crippen molar-refractivity contribution in [3.05, 3.63) is 181 Å². The van der Waals surface area contributed by atoms with Gasteiger partial charge in [-0.3, -0.25) is 0 Å². The van der Waals surface area contributed by atoms with Gasteiger partial charge in [0.2, 0.25) is 0 Å². The number of benzene rings is 11. The molecule has 0 unspecified atom stereocenters. The van der Waals surface area contributed by atoms with Crippen molar-refractivity contribution in [2.75, 3.05) is 0 Å². The Hall–Kier alpha value is -7.01. The molecule has 1 heteroatoms. The average Bonchev–Trinajstić information content (AvgIpc) is 3.22. The summed E-state index contributed by atoms with van der Waals surface area (Å²) < 4.78 is 0. The fraction of sp³-hybridized carbons (Fsp3) is 0. The van der Waals surface area contributed by atoms with Crippen molar-refractivity contribution in [1.82, 2.24) is 0 Å². The average molecular weight is 656 g/mol. The van der Waals surface area contributed by atoms with Crippen LogP contribution in [0.3, 0.4) is 0 Å². The van der Waals surface area contributed by atoms with Crippen molar-refractivity contribution in [2.45, 2.75) is 0 Å². The van der Waals surface area contributed by atoms with E-state index in [0.717, 1.165) is 5.56 Å². The second-order valence-electron chi connectivity index (χ2n) is 13.9. The predicted octanol–water partition coefficient (Wildman–Crippen LogP) is 14.1. The Morgan fingerprint density at radius 1 is 0.288 bits per heavy atom. The number of rotatable bonds is 3. The molecule has 0 heterocycles. The summed E-state index contributed by atoms with van der Waals surface area (Å²) in [6, 6.07) is 66.5. The molecule has 238 valence electrons. The van der Waals surface area contributed by atoms with Crippen LogP contribution in [-0.2, 0) is 0 Å². The fourth-order valence-electron chi connectivity index (χ4n) is 8.87. The summed E-state index contributed by atoms with van der Waals surface area (Å²) in [6.07, 6.45) is 0. The summed E-state index contributed by atoms with van der Waals surface area (Å²) in [5, 5.41) is 27.2. The largest absolute Gasteiger partial charge is 0.192 e. The molecule has 0 radical (unpaired) electrons. The molecule has 0 N–H and O–H groups in total. The Balaban J connectivity index is 1.30. The molecule has 0 atom stereocenters. The predicted molar refractivity (Wildman–Crippen MR) is 221 cm³/mol. The number of nitriles is 1. The molecule has 0 spiro atoms. The first-order valence-electron chi connectivity index (χ1n) is 17.8. The van der Waals surface area contributed by atoms with E-state index < -0.39 is 0 Å². The highest BCUT2D eigenvalue weighted by Gasteiger charge is 2.21. The van der Waals surface area contributed by atoms with Crippen LogP contribution in [0, 0.1) is 11.3 Å². The second kappa shape index (κ2) is 11.0. The molecular weight excluding hydrogens is 627 g/mol. The maximum atomic E-state index is 9.63. The Bertz CT molecular complexity index is 3290. The monoisotopic (exact) mass is 655 g/mol. The van der Waals surface area contributed by atoms with E-state index in [2.05, 4.69) is 170 Å². The zero-order chi connectivity index (χ0) is 34.3. The third-order valence-corrected chi connectivity index (χ3v) is 11.2. The Kier molecular flexibility index (Phi) is 6.09. The van der Waals surface area contributed by atoms with E-state index in [0.29, 0.717) is 5.56 Å². The van der Waals surface area contributed by atoms with Gasteiger partial charge in [-0.05, 0) is 139 Å². The molecule has 0 saturated heterocycles. The van der Waals surface area contributed by atoms with E-state index in [1.54, 1.807) is 0 Å². The van der Waals surface area contributed by atoms with Gasteiger partial charge in [-0.15, -0.1) is 0 Å². The highest BCUT2D eigenvalue weighted by Crippen LogP contribution is 2.48. The molecule has 0 aliphatic rings. The number of hydrogen-bond donors (Lipinski definition) is 0. The third-order valence-electron chi connectivity index (χ3n) is 11.2. The van der Waals surface area contributed by atoms with Crippen LogP contribution in [0.25, 0.3) is 109 Å². The second-order valence-corrected chi connectivity index (χ2v) is 13.9. The lowest BCUT2D eigenvalue weighted by Crippen LogP contribution is -1.94. The van der Waals surface area contributed by atoms with Crippen molar-refractivity contribution < 1.29 is 0 Å². The van der Waals surface area contributed by atoms with Gasteiger partial charge in [-0.2, -0.15) is 5.26 Å². The van der Waals surface area contributed by atoms with Crippen molar-refractivity contribution in [2.24, 2.45) is 0 Å².